The fraction of sp³-hybridized carbons (Fsp3) is 0.682. The molecule has 4 N–H and O–H groups in total. The molecule has 0 radical (unpaired) electrons. The first-order valence-electron chi connectivity index (χ1n) is 10.3. The molecule has 1 rings (SSSR count). The molecule has 0 aliphatic heterocycles. The zero-order valence-corrected chi connectivity index (χ0v) is 17.2. The van der Waals surface area contributed by atoms with E-state index < -0.39 is 31.2 Å². The summed E-state index contributed by atoms with van der Waals surface area (Å²) in [5.74, 6) is -0.172. The number of hydrogen-bond donors (Lipinski definition) is 4. The summed E-state index contributed by atoms with van der Waals surface area (Å²) in [6.07, 6.45) is 6.03. The summed E-state index contributed by atoms with van der Waals surface area (Å²) in [7, 11) is 0. The standard InChI is InChI=1S/C22H36O6/c1-3-5-7-18-11-17(12-19(21(18)27)8-6-4-2)9-10-28-20(26)13-22(14-23,15-24)16-25/h11-12,23-25,27H,3-10,13-16H2,1-2H3. The highest BCUT2D eigenvalue weighted by molar-refractivity contribution is 5.70. The summed E-state index contributed by atoms with van der Waals surface area (Å²) in [6.45, 7) is 2.92. The Kier molecular flexibility index (Phi) is 11.1. The highest BCUT2D eigenvalue weighted by Crippen LogP contribution is 2.28. The lowest BCUT2D eigenvalue weighted by Crippen LogP contribution is -2.36. The third-order valence-electron chi connectivity index (χ3n) is 5.11. The summed E-state index contributed by atoms with van der Waals surface area (Å²) >= 11 is 0. The molecule has 0 heterocycles. The number of aliphatic hydroxyl groups excluding tert-OH is 3. The van der Waals surface area contributed by atoms with E-state index in [9.17, 15) is 25.2 Å². The number of unbranched alkanes of at least 4 members (excludes halogenated alkanes) is 2. The lowest BCUT2D eigenvalue weighted by atomic mass is 9.87. The maximum atomic E-state index is 12.0. The normalized spacial score (nSPS) is 11.6. The second kappa shape index (κ2) is 12.8. The van der Waals surface area contributed by atoms with Gasteiger partial charge in [-0.3, -0.25) is 4.79 Å². The zero-order valence-electron chi connectivity index (χ0n) is 17.2. The molecule has 1 aromatic carbocycles. The molecule has 6 nitrogen and oxygen atoms in total. The van der Waals surface area contributed by atoms with Crippen molar-refractivity contribution in [3.63, 3.8) is 0 Å². The Morgan fingerprint density at radius 2 is 1.43 bits per heavy atom. The average molecular weight is 397 g/mol. The SMILES string of the molecule is CCCCc1cc(CCOC(=O)CC(CO)(CO)CO)cc(CCCC)c1O. The van der Waals surface area contributed by atoms with E-state index in [1.807, 2.05) is 12.1 Å². The third kappa shape index (κ3) is 7.41. The van der Waals surface area contributed by atoms with E-state index in [0.717, 1.165) is 55.2 Å². The first-order valence-corrected chi connectivity index (χ1v) is 10.3. The molecule has 0 aliphatic carbocycles. The predicted octanol–water partition coefficient (Wildman–Crippen LogP) is 2.52. The Bertz CT molecular complexity index is 557. The number of ether oxygens (including phenoxy) is 1. The van der Waals surface area contributed by atoms with Gasteiger partial charge in [0.15, 0.2) is 0 Å². The van der Waals surface area contributed by atoms with Gasteiger partial charge < -0.3 is 25.2 Å². The van der Waals surface area contributed by atoms with E-state index in [4.69, 9.17) is 4.74 Å². The molecule has 6 heteroatoms. The molecule has 160 valence electrons. The van der Waals surface area contributed by atoms with Crippen LogP contribution in [0.25, 0.3) is 0 Å². The van der Waals surface area contributed by atoms with Gasteiger partial charge in [-0.15, -0.1) is 0 Å². The Morgan fingerprint density at radius 3 is 1.86 bits per heavy atom. The van der Waals surface area contributed by atoms with Gasteiger partial charge in [0, 0.05) is 6.42 Å². The van der Waals surface area contributed by atoms with Crippen molar-refractivity contribution in [2.45, 2.75) is 65.2 Å². The summed E-state index contributed by atoms with van der Waals surface area (Å²) < 4.78 is 5.24. The average Bonchev–Trinajstić information content (AvgIpc) is 2.71. The van der Waals surface area contributed by atoms with E-state index >= 15 is 0 Å². The van der Waals surface area contributed by atoms with Crippen molar-refractivity contribution in [1.29, 1.82) is 0 Å². The van der Waals surface area contributed by atoms with Crippen LogP contribution in [0.5, 0.6) is 5.75 Å². The van der Waals surface area contributed by atoms with Crippen molar-refractivity contribution in [2.24, 2.45) is 5.41 Å². The van der Waals surface area contributed by atoms with Crippen LogP contribution >= 0.6 is 0 Å². The van der Waals surface area contributed by atoms with Crippen molar-refractivity contribution in [1.82, 2.24) is 0 Å². The fourth-order valence-corrected chi connectivity index (χ4v) is 3.05. The van der Waals surface area contributed by atoms with Crippen molar-refractivity contribution in [2.75, 3.05) is 26.4 Å². The van der Waals surface area contributed by atoms with Crippen LogP contribution in [0, 0.1) is 5.41 Å². The van der Waals surface area contributed by atoms with Gasteiger partial charge in [-0.05, 0) is 42.4 Å². The zero-order chi connectivity index (χ0) is 21.0. The molecule has 0 aliphatic rings. The molecule has 0 saturated carbocycles. The quantitative estimate of drug-likeness (QED) is 0.360. The molecule has 0 spiro atoms. The lowest BCUT2D eigenvalue weighted by molar-refractivity contribution is -0.149. The number of carbonyl (C=O) groups is 1. The minimum atomic E-state index is -1.25. The minimum absolute atomic E-state index is 0.169. The number of hydrogen-bond acceptors (Lipinski definition) is 6. The molecule has 0 saturated heterocycles. The van der Waals surface area contributed by atoms with Gasteiger partial charge in [-0.1, -0.05) is 38.8 Å². The van der Waals surface area contributed by atoms with Gasteiger partial charge in [-0.2, -0.15) is 0 Å². The molecule has 28 heavy (non-hydrogen) atoms. The maximum absolute atomic E-state index is 12.0. The number of aliphatic hydroxyl groups is 3. The van der Waals surface area contributed by atoms with Gasteiger partial charge in [0.05, 0.1) is 38.3 Å². The molecule has 0 bridgehead atoms. The van der Waals surface area contributed by atoms with Crippen molar-refractivity contribution < 1.29 is 30.0 Å². The van der Waals surface area contributed by atoms with Crippen LogP contribution in [-0.4, -0.2) is 52.8 Å². The van der Waals surface area contributed by atoms with Gasteiger partial charge in [0.2, 0.25) is 0 Å². The summed E-state index contributed by atoms with van der Waals surface area (Å²) in [5, 5.41) is 38.5. The highest BCUT2D eigenvalue weighted by atomic mass is 16.5. The molecular weight excluding hydrogens is 360 g/mol. The molecule has 0 aromatic heterocycles. The van der Waals surface area contributed by atoms with E-state index in [2.05, 4.69) is 13.8 Å². The van der Waals surface area contributed by atoms with Crippen LogP contribution in [0.4, 0.5) is 0 Å². The number of phenolic OH excluding ortho intramolecular Hbond substituents is 1. The Hall–Kier alpha value is -1.63. The lowest BCUT2D eigenvalue weighted by Gasteiger charge is -2.25. The van der Waals surface area contributed by atoms with Crippen LogP contribution in [0.3, 0.4) is 0 Å². The number of aromatic hydroxyl groups is 1. The van der Waals surface area contributed by atoms with E-state index in [1.165, 1.54) is 0 Å². The monoisotopic (exact) mass is 396 g/mol. The van der Waals surface area contributed by atoms with E-state index in [0.29, 0.717) is 12.2 Å². The number of aryl methyl sites for hydroxylation is 2. The first kappa shape index (κ1) is 24.4. The Balaban J connectivity index is 2.75. The van der Waals surface area contributed by atoms with Crippen LogP contribution in [-0.2, 0) is 28.8 Å². The molecule has 0 fully saturated rings. The molecule has 0 atom stereocenters. The van der Waals surface area contributed by atoms with E-state index in [1.54, 1.807) is 0 Å². The predicted molar refractivity (Wildman–Crippen MR) is 108 cm³/mol. The van der Waals surface area contributed by atoms with Crippen LogP contribution in [0.15, 0.2) is 12.1 Å². The Labute approximate surface area is 168 Å². The van der Waals surface area contributed by atoms with Crippen LogP contribution in [0.1, 0.15) is 62.6 Å². The van der Waals surface area contributed by atoms with Gasteiger partial charge in [-0.25, -0.2) is 0 Å². The topological polar surface area (TPSA) is 107 Å². The molecule has 1 aromatic rings. The number of phenols is 1. The highest BCUT2D eigenvalue weighted by Gasteiger charge is 2.31. The van der Waals surface area contributed by atoms with Gasteiger partial charge in [0.1, 0.15) is 5.75 Å². The molecular formula is C22H36O6. The molecule has 0 amide bonds. The van der Waals surface area contributed by atoms with Crippen molar-refractivity contribution >= 4 is 5.97 Å². The third-order valence-corrected chi connectivity index (χ3v) is 5.11. The number of carbonyl (C=O) groups excluding carboxylic acids is 1. The van der Waals surface area contributed by atoms with Crippen molar-refractivity contribution in [3.8, 4) is 5.75 Å². The van der Waals surface area contributed by atoms with Crippen LogP contribution in [0.2, 0.25) is 0 Å². The molecule has 0 unspecified atom stereocenters. The largest absolute Gasteiger partial charge is 0.507 e. The second-order valence-electron chi connectivity index (χ2n) is 7.59. The van der Waals surface area contributed by atoms with Crippen LogP contribution < -0.4 is 0 Å². The number of benzene rings is 1. The number of esters is 1. The van der Waals surface area contributed by atoms with Gasteiger partial charge >= 0.3 is 5.97 Å². The smallest absolute Gasteiger partial charge is 0.306 e. The maximum Gasteiger partial charge on any atom is 0.306 e. The summed E-state index contributed by atoms with van der Waals surface area (Å²) in [6, 6.07) is 3.96. The summed E-state index contributed by atoms with van der Waals surface area (Å²) in [5.41, 5.74) is 1.64. The second-order valence-corrected chi connectivity index (χ2v) is 7.59. The van der Waals surface area contributed by atoms with Gasteiger partial charge in [0.25, 0.3) is 0 Å². The fourth-order valence-electron chi connectivity index (χ4n) is 3.05. The minimum Gasteiger partial charge on any atom is -0.507 e. The van der Waals surface area contributed by atoms with Crippen molar-refractivity contribution in [3.05, 3.63) is 28.8 Å². The summed E-state index contributed by atoms with van der Waals surface area (Å²) in [4.78, 5) is 12.0. The Morgan fingerprint density at radius 1 is 0.929 bits per heavy atom. The van der Waals surface area contributed by atoms with E-state index in [-0.39, 0.29) is 13.0 Å². The number of rotatable bonds is 14. The first-order chi connectivity index (χ1) is 13.4.